The fourth-order valence-electron chi connectivity index (χ4n) is 2.60. The number of carbonyl (C=O) groups is 2. The maximum Gasteiger partial charge on any atom is 0.252 e. The highest BCUT2D eigenvalue weighted by atomic mass is 32.2. The van der Waals surface area contributed by atoms with Crippen LogP contribution in [0.3, 0.4) is 0 Å². The third kappa shape index (κ3) is 4.78. The van der Waals surface area contributed by atoms with Crippen molar-refractivity contribution in [2.75, 3.05) is 19.6 Å². The minimum absolute atomic E-state index is 0.00973. The molecule has 0 radical (unpaired) electrons. The predicted molar refractivity (Wildman–Crippen MR) is 92.1 cm³/mol. The van der Waals surface area contributed by atoms with Crippen molar-refractivity contribution in [3.63, 3.8) is 0 Å². The molecule has 134 valence electrons. The summed E-state index contributed by atoms with van der Waals surface area (Å²) in [5.74, 6) is -0.961. The first-order valence-corrected chi connectivity index (χ1v) is 10.2. The number of sulfonamides is 1. The van der Waals surface area contributed by atoms with Crippen LogP contribution in [0.2, 0.25) is 0 Å². The van der Waals surface area contributed by atoms with Crippen LogP contribution in [0, 0.1) is 5.92 Å². The lowest BCUT2D eigenvalue weighted by atomic mass is 9.99. The highest BCUT2D eigenvalue weighted by molar-refractivity contribution is 7.91. The van der Waals surface area contributed by atoms with Crippen LogP contribution in [-0.4, -0.2) is 50.2 Å². The molecule has 7 nitrogen and oxygen atoms in total. The number of nitrogens with one attached hydrogen (secondary N) is 2. The molecule has 2 amide bonds. The van der Waals surface area contributed by atoms with Gasteiger partial charge in [-0.3, -0.25) is 9.59 Å². The van der Waals surface area contributed by atoms with Crippen molar-refractivity contribution in [2.45, 2.75) is 36.9 Å². The van der Waals surface area contributed by atoms with Gasteiger partial charge in [0, 0.05) is 19.1 Å². The number of amides is 2. The van der Waals surface area contributed by atoms with Gasteiger partial charge in [-0.15, -0.1) is 11.3 Å². The second-order valence-corrected chi connectivity index (χ2v) is 9.19. The maximum absolute atomic E-state index is 12.5. The number of thiophene rings is 1. The van der Waals surface area contributed by atoms with Crippen LogP contribution in [-0.2, 0) is 19.6 Å². The molecule has 1 fully saturated rings. The normalized spacial score (nSPS) is 19.2. The number of carbonyl (C=O) groups excluding carboxylic acids is 2. The van der Waals surface area contributed by atoms with Gasteiger partial charge in [-0.05, 0) is 38.1 Å². The molecule has 0 spiro atoms. The van der Waals surface area contributed by atoms with E-state index in [1.54, 1.807) is 17.5 Å². The highest BCUT2D eigenvalue weighted by Gasteiger charge is 2.33. The molecule has 0 saturated carbocycles. The Morgan fingerprint density at radius 2 is 2.17 bits per heavy atom. The van der Waals surface area contributed by atoms with E-state index in [0.717, 1.165) is 0 Å². The van der Waals surface area contributed by atoms with Crippen molar-refractivity contribution >= 4 is 33.2 Å². The first kappa shape index (κ1) is 18.9. The molecular formula is C15H23N3O4S2. The fourth-order valence-corrected chi connectivity index (χ4v) is 5.27. The molecule has 1 aromatic heterocycles. The Hall–Kier alpha value is -1.45. The van der Waals surface area contributed by atoms with E-state index in [4.69, 9.17) is 0 Å². The largest absolute Gasteiger partial charge is 0.352 e. The summed E-state index contributed by atoms with van der Waals surface area (Å²) in [5.41, 5.74) is 0. The quantitative estimate of drug-likeness (QED) is 0.771. The number of rotatable bonds is 6. The lowest BCUT2D eigenvalue weighted by Gasteiger charge is -2.30. The number of piperidine rings is 1. The second-order valence-electron chi connectivity index (χ2n) is 6.07. The zero-order valence-corrected chi connectivity index (χ0v) is 15.5. The standard InChI is InChI=1S/C15H23N3O4S2/c1-11(2)17-13(19)9-16-15(20)12-5-3-7-18(10-12)24(21,22)14-6-4-8-23-14/h4,6,8,11-12H,3,5,7,9-10H2,1-2H3,(H,16,20)(H,17,19)/t12-/m1/s1. The fraction of sp³-hybridized carbons (Fsp3) is 0.600. The summed E-state index contributed by atoms with van der Waals surface area (Å²) < 4.78 is 26.7. The van der Waals surface area contributed by atoms with Crippen molar-refractivity contribution in [1.82, 2.24) is 14.9 Å². The van der Waals surface area contributed by atoms with E-state index in [-0.39, 0.29) is 30.9 Å². The smallest absolute Gasteiger partial charge is 0.252 e. The van der Waals surface area contributed by atoms with Gasteiger partial charge in [0.25, 0.3) is 10.0 Å². The van der Waals surface area contributed by atoms with Crippen molar-refractivity contribution in [3.05, 3.63) is 17.5 Å². The second kappa shape index (κ2) is 8.09. The van der Waals surface area contributed by atoms with E-state index in [1.165, 1.54) is 15.6 Å². The molecule has 1 aliphatic rings. The molecule has 1 aliphatic heterocycles. The summed E-state index contributed by atoms with van der Waals surface area (Å²) in [7, 11) is -3.54. The summed E-state index contributed by atoms with van der Waals surface area (Å²) >= 11 is 1.17. The van der Waals surface area contributed by atoms with Gasteiger partial charge in [0.2, 0.25) is 11.8 Å². The van der Waals surface area contributed by atoms with Crippen LogP contribution in [0.5, 0.6) is 0 Å². The molecule has 0 aromatic carbocycles. The predicted octanol–water partition coefficient (Wildman–Crippen LogP) is 0.790. The zero-order valence-electron chi connectivity index (χ0n) is 13.8. The third-order valence-electron chi connectivity index (χ3n) is 3.72. The van der Waals surface area contributed by atoms with E-state index >= 15 is 0 Å². The minimum Gasteiger partial charge on any atom is -0.352 e. The Bertz CT molecular complexity index is 671. The van der Waals surface area contributed by atoms with Crippen molar-refractivity contribution in [2.24, 2.45) is 5.92 Å². The summed E-state index contributed by atoms with van der Waals surface area (Å²) in [6.07, 6.45) is 1.25. The SMILES string of the molecule is CC(C)NC(=O)CNC(=O)[C@@H]1CCCN(S(=O)(=O)c2cccs2)C1. The molecule has 24 heavy (non-hydrogen) atoms. The van der Waals surface area contributed by atoms with Gasteiger partial charge in [0.1, 0.15) is 4.21 Å². The Kier molecular flexibility index (Phi) is 6.36. The van der Waals surface area contributed by atoms with E-state index in [1.807, 2.05) is 13.8 Å². The molecule has 1 atom stereocenters. The zero-order chi connectivity index (χ0) is 17.7. The summed E-state index contributed by atoms with van der Waals surface area (Å²) in [6.45, 7) is 4.16. The van der Waals surface area contributed by atoms with E-state index < -0.39 is 15.9 Å². The average Bonchev–Trinajstić information content (AvgIpc) is 3.07. The van der Waals surface area contributed by atoms with Crippen LogP contribution in [0.25, 0.3) is 0 Å². The molecule has 1 saturated heterocycles. The molecule has 2 N–H and O–H groups in total. The molecule has 9 heteroatoms. The molecule has 2 heterocycles. The third-order valence-corrected chi connectivity index (χ3v) is 6.96. The first-order chi connectivity index (χ1) is 11.3. The molecule has 0 unspecified atom stereocenters. The summed E-state index contributed by atoms with van der Waals surface area (Å²) in [6, 6.07) is 3.27. The lowest BCUT2D eigenvalue weighted by Crippen LogP contribution is -2.47. The van der Waals surface area contributed by atoms with Crippen LogP contribution < -0.4 is 10.6 Å². The van der Waals surface area contributed by atoms with Crippen molar-refractivity contribution < 1.29 is 18.0 Å². The van der Waals surface area contributed by atoms with Crippen LogP contribution in [0.1, 0.15) is 26.7 Å². The van der Waals surface area contributed by atoms with Crippen LogP contribution in [0.15, 0.2) is 21.7 Å². The minimum atomic E-state index is -3.54. The summed E-state index contributed by atoms with van der Waals surface area (Å²) in [4.78, 5) is 23.8. The van der Waals surface area contributed by atoms with Crippen LogP contribution >= 0.6 is 11.3 Å². The Labute approximate surface area is 146 Å². The monoisotopic (exact) mass is 373 g/mol. The number of hydrogen-bond acceptors (Lipinski definition) is 5. The van der Waals surface area contributed by atoms with Crippen molar-refractivity contribution in [1.29, 1.82) is 0 Å². The Morgan fingerprint density at radius 1 is 1.42 bits per heavy atom. The van der Waals surface area contributed by atoms with Gasteiger partial charge in [-0.2, -0.15) is 4.31 Å². The van der Waals surface area contributed by atoms with Gasteiger partial charge in [0.05, 0.1) is 12.5 Å². The maximum atomic E-state index is 12.5. The van der Waals surface area contributed by atoms with Gasteiger partial charge in [0.15, 0.2) is 0 Å². The van der Waals surface area contributed by atoms with Gasteiger partial charge >= 0.3 is 0 Å². The topological polar surface area (TPSA) is 95.6 Å². The molecule has 0 bridgehead atoms. The number of hydrogen-bond donors (Lipinski definition) is 2. The van der Waals surface area contributed by atoms with Crippen LogP contribution in [0.4, 0.5) is 0 Å². The van der Waals surface area contributed by atoms with E-state index in [0.29, 0.717) is 23.6 Å². The highest BCUT2D eigenvalue weighted by Crippen LogP contribution is 2.26. The Balaban J connectivity index is 1.93. The Morgan fingerprint density at radius 3 is 2.79 bits per heavy atom. The van der Waals surface area contributed by atoms with E-state index in [9.17, 15) is 18.0 Å². The lowest BCUT2D eigenvalue weighted by molar-refractivity contribution is -0.129. The van der Waals surface area contributed by atoms with Crippen molar-refractivity contribution in [3.8, 4) is 0 Å². The molecular weight excluding hydrogens is 350 g/mol. The van der Waals surface area contributed by atoms with Gasteiger partial charge in [-0.1, -0.05) is 6.07 Å². The molecule has 1 aromatic rings. The number of nitrogens with zero attached hydrogens (tertiary/aromatic N) is 1. The average molecular weight is 374 g/mol. The first-order valence-electron chi connectivity index (χ1n) is 7.91. The van der Waals surface area contributed by atoms with Gasteiger partial charge < -0.3 is 10.6 Å². The van der Waals surface area contributed by atoms with Gasteiger partial charge in [-0.25, -0.2) is 8.42 Å². The van der Waals surface area contributed by atoms with E-state index in [2.05, 4.69) is 10.6 Å². The summed E-state index contributed by atoms with van der Waals surface area (Å²) in [5, 5.41) is 7.01. The molecule has 2 rings (SSSR count). The molecule has 0 aliphatic carbocycles.